The first-order chi connectivity index (χ1) is 8.70. The van der Waals surface area contributed by atoms with Crippen LogP contribution in [-0.4, -0.2) is 9.78 Å². The summed E-state index contributed by atoms with van der Waals surface area (Å²) in [7, 11) is 1.53. The molecule has 0 unspecified atom stereocenters. The number of hydrogen-bond acceptors (Lipinski definition) is 1. The second-order valence-corrected chi connectivity index (χ2v) is 4.79. The van der Waals surface area contributed by atoms with Crippen molar-refractivity contribution in [1.82, 2.24) is 9.78 Å². The van der Waals surface area contributed by atoms with Gasteiger partial charge in [0, 0.05) is 12.6 Å². The van der Waals surface area contributed by atoms with Gasteiger partial charge in [0.15, 0.2) is 5.69 Å². The molecule has 0 N–H and O–H groups in total. The summed E-state index contributed by atoms with van der Waals surface area (Å²) >= 11 is 0. The average Bonchev–Trinajstić information content (AvgIpc) is 2.65. The van der Waals surface area contributed by atoms with E-state index in [-0.39, 0.29) is 0 Å². The van der Waals surface area contributed by atoms with Gasteiger partial charge >= 0.3 is 6.18 Å². The van der Waals surface area contributed by atoms with Crippen LogP contribution in [-0.2, 0) is 13.2 Å². The van der Waals surface area contributed by atoms with Crippen LogP contribution in [0.3, 0.4) is 0 Å². The number of alkyl halides is 3. The van der Waals surface area contributed by atoms with E-state index < -0.39 is 11.9 Å². The minimum atomic E-state index is -4.41. The predicted octanol–water partition coefficient (Wildman–Crippen LogP) is 4.03. The third-order valence-electron chi connectivity index (χ3n) is 3.29. The molecule has 19 heavy (non-hydrogen) atoms. The summed E-state index contributed by atoms with van der Waals surface area (Å²) < 4.78 is 39.3. The van der Waals surface area contributed by atoms with Gasteiger partial charge in [-0.2, -0.15) is 18.3 Å². The average molecular weight is 268 g/mol. The van der Waals surface area contributed by atoms with Crippen LogP contribution in [0.5, 0.6) is 0 Å². The van der Waals surface area contributed by atoms with Crippen molar-refractivity contribution in [2.75, 3.05) is 0 Å². The molecule has 1 aromatic heterocycles. The number of benzene rings is 1. The first kappa shape index (κ1) is 13.6. The Kier molecular flexibility index (Phi) is 3.16. The van der Waals surface area contributed by atoms with Gasteiger partial charge in [-0.1, -0.05) is 6.07 Å². The van der Waals surface area contributed by atoms with Crippen LogP contribution in [0, 0.1) is 20.8 Å². The summed E-state index contributed by atoms with van der Waals surface area (Å²) in [6.45, 7) is 5.82. The van der Waals surface area contributed by atoms with E-state index in [1.807, 2.05) is 32.9 Å². The molecule has 0 spiro atoms. The molecule has 0 radical (unpaired) electrons. The summed E-state index contributed by atoms with van der Waals surface area (Å²) in [5.74, 6) is 0. The Morgan fingerprint density at radius 2 is 1.53 bits per heavy atom. The normalized spacial score (nSPS) is 11.9. The number of halogens is 3. The van der Waals surface area contributed by atoms with Gasteiger partial charge in [0.2, 0.25) is 0 Å². The van der Waals surface area contributed by atoms with Crippen LogP contribution in [0.2, 0.25) is 0 Å². The summed E-state index contributed by atoms with van der Waals surface area (Å²) in [6.07, 6.45) is -4.41. The molecular formula is C14H15F3N2. The van der Waals surface area contributed by atoms with E-state index in [0.717, 1.165) is 28.3 Å². The van der Waals surface area contributed by atoms with Crippen LogP contribution < -0.4 is 0 Å². The van der Waals surface area contributed by atoms with Crippen molar-refractivity contribution in [2.24, 2.45) is 7.05 Å². The molecule has 5 heteroatoms. The Hall–Kier alpha value is -1.78. The van der Waals surface area contributed by atoms with Gasteiger partial charge < -0.3 is 0 Å². The van der Waals surface area contributed by atoms with Crippen LogP contribution in [0.15, 0.2) is 18.2 Å². The van der Waals surface area contributed by atoms with Crippen molar-refractivity contribution in [2.45, 2.75) is 26.9 Å². The van der Waals surface area contributed by atoms with E-state index in [4.69, 9.17) is 0 Å². The zero-order valence-corrected chi connectivity index (χ0v) is 11.3. The van der Waals surface area contributed by atoms with E-state index in [2.05, 4.69) is 5.10 Å². The largest absolute Gasteiger partial charge is 0.435 e. The maximum Gasteiger partial charge on any atom is 0.435 e. The number of rotatable bonds is 1. The number of aryl methyl sites for hydroxylation is 4. The topological polar surface area (TPSA) is 17.8 Å². The molecule has 0 aliphatic heterocycles. The van der Waals surface area contributed by atoms with Crippen molar-refractivity contribution in [3.05, 3.63) is 40.6 Å². The quantitative estimate of drug-likeness (QED) is 0.763. The first-order valence-electron chi connectivity index (χ1n) is 5.89. The molecule has 0 saturated heterocycles. The highest BCUT2D eigenvalue weighted by molar-refractivity contribution is 5.66. The zero-order valence-electron chi connectivity index (χ0n) is 11.3. The predicted molar refractivity (Wildman–Crippen MR) is 67.9 cm³/mol. The second kappa shape index (κ2) is 4.40. The molecule has 0 amide bonds. The molecule has 1 heterocycles. The highest BCUT2D eigenvalue weighted by atomic mass is 19.4. The van der Waals surface area contributed by atoms with Gasteiger partial charge in [-0.3, -0.25) is 4.68 Å². The standard InChI is InChI=1S/C14H15F3N2/c1-8-5-10(3)11(6-9(8)2)12-7-13(14(15,16)17)18-19(12)4/h5-7H,1-4H3. The molecule has 0 saturated carbocycles. The van der Waals surface area contributed by atoms with Crippen LogP contribution >= 0.6 is 0 Å². The lowest BCUT2D eigenvalue weighted by atomic mass is 9.98. The Morgan fingerprint density at radius 3 is 2.05 bits per heavy atom. The molecule has 0 bridgehead atoms. The zero-order chi connectivity index (χ0) is 14.4. The fraction of sp³-hybridized carbons (Fsp3) is 0.357. The Balaban J connectivity index is 2.60. The molecule has 0 aliphatic rings. The van der Waals surface area contributed by atoms with Gasteiger partial charge in [-0.05, 0) is 49.6 Å². The molecule has 2 aromatic rings. The van der Waals surface area contributed by atoms with Crippen LogP contribution in [0.25, 0.3) is 11.3 Å². The number of hydrogen-bond donors (Lipinski definition) is 0. The van der Waals surface area contributed by atoms with E-state index in [9.17, 15) is 13.2 Å². The fourth-order valence-corrected chi connectivity index (χ4v) is 2.09. The molecule has 102 valence electrons. The van der Waals surface area contributed by atoms with Crippen molar-refractivity contribution in [1.29, 1.82) is 0 Å². The van der Waals surface area contributed by atoms with Gasteiger partial charge in [0.05, 0.1) is 5.69 Å². The third-order valence-corrected chi connectivity index (χ3v) is 3.29. The summed E-state index contributed by atoms with van der Waals surface area (Å²) in [5, 5.41) is 3.54. The highest BCUT2D eigenvalue weighted by Gasteiger charge is 2.34. The lowest BCUT2D eigenvalue weighted by Crippen LogP contribution is -2.06. The lowest BCUT2D eigenvalue weighted by molar-refractivity contribution is -0.141. The Morgan fingerprint density at radius 1 is 0.947 bits per heavy atom. The highest BCUT2D eigenvalue weighted by Crippen LogP contribution is 2.33. The maximum atomic E-state index is 12.7. The summed E-state index contributed by atoms with van der Waals surface area (Å²) in [4.78, 5) is 0. The smallest absolute Gasteiger partial charge is 0.267 e. The summed E-state index contributed by atoms with van der Waals surface area (Å²) in [6, 6.07) is 4.98. The van der Waals surface area contributed by atoms with Gasteiger partial charge in [-0.15, -0.1) is 0 Å². The van der Waals surface area contributed by atoms with Crippen molar-refractivity contribution in [3.63, 3.8) is 0 Å². The third kappa shape index (κ3) is 2.50. The molecule has 1 aromatic carbocycles. The van der Waals surface area contributed by atoms with Crippen molar-refractivity contribution >= 4 is 0 Å². The van der Waals surface area contributed by atoms with Crippen LogP contribution in [0.4, 0.5) is 13.2 Å². The van der Waals surface area contributed by atoms with E-state index in [1.165, 1.54) is 11.7 Å². The molecule has 2 nitrogen and oxygen atoms in total. The van der Waals surface area contributed by atoms with E-state index >= 15 is 0 Å². The minimum absolute atomic E-state index is 0.480. The lowest BCUT2D eigenvalue weighted by Gasteiger charge is -2.09. The SMILES string of the molecule is Cc1cc(C)c(-c2cc(C(F)(F)F)nn2C)cc1C. The van der Waals surface area contributed by atoms with Gasteiger partial charge in [0.1, 0.15) is 0 Å². The van der Waals surface area contributed by atoms with Gasteiger partial charge in [-0.25, -0.2) is 0 Å². The fourth-order valence-electron chi connectivity index (χ4n) is 2.09. The second-order valence-electron chi connectivity index (χ2n) is 4.79. The minimum Gasteiger partial charge on any atom is -0.267 e. The van der Waals surface area contributed by atoms with E-state index in [0.29, 0.717) is 5.69 Å². The molecule has 0 aliphatic carbocycles. The number of aromatic nitrogens is 2. The van der Waals surface area contributed by atoms with Crippen molar-refractivity contribution < 1.29 is 13.2 Å². The number of nitrogens with zero attached hydrogens (tertiary/aromatic N) is 2. The monoisotopic (exact) mass is 268 g/mol. The Labute approximate surface area is 109 Å². The first-order valence-corrected chi connectivity index (χ1v) is 5.89. The molecule has 0 atom stereocenters. The molecule has 0 fully saturated rings. The van der Waals surface area contributed by atoms with E-state index in [1.54, 1.807) is 0 Å². The summed E-state index contributed by atoms with van der Waals surface area (Å²) in [5.41, 5.74) is 3.53. The molecular weight excluding hydrogens is 253 g/mol. The molecule has 2 rings (SSSR count). The van der Waals surface area contributed by atoms with Crippen LogP contribution in [0.1, 0.15) is 22.4 Å². The van der Waals surface area contributed by atoms with Crippen molar-refractivity contribution in [3.8, 4) is 11.3 Å². The maximum absolute atomic E-state index is 12.7. The Bertz CT molecular complexity index is 624. The van der Waals surface area contributed by atoms with Gasteiger partial charge in [0.25, 0.3) is 0 Å².